The van der Waals surface area contributed by atoms with Crippen molar-refractivity contribution in [1.82, 2.24) is 10.2 Å². The van der Waals surface area contributed by atoms with Crippen molar-refractivity contribution < 1.29 is 18.0 Å². The highest BCUT2D eigenvalue weighted by atomic mass is 79.9. The molecule has 0 fully saturated rings. The van der Waals surface area contributed by atoms with Crippen LogP contribution in [-0.4, -0.2) is 43.8 Å². The number of halogens is 2. The first-order valence-electron chi connectivity index (χ1n) is 15.1. The summed E-state index contributed by atoms with van der Waals surface area (Å²) in [7, 11) is -4.21. The van der Waals surface area contributed by atoms with Gasteiger partial charge in [0.25, 0.3) is 10.0 Å². The van der Waals surface area contributed by atoms with Crippen molar-refractivity contribution in [2.24, 2.45) is 0 Å². The Labute approximate surface area is 285 Å². The van der Waals surface area contributed by atoms with Crippen LogP contribution in [0.2, 0.25) is 5.02 Å². The first-order valence-corrected chi connectivity index (χ1v) is 17.7. The van der Waals surface area contributed by atoms with Crippen LogP contribution in [0.3, 0.4) is 0 Å². The molecule has 46 heavy (non-hydrogen) atoms. The Kier molecular flexibility index (Phi) is 12.1. The highest BCUT2D eigenvalue weighted by Gasteiger charge is 2.35. The smallest absolute Gasteiger partial charge is 0.264 e. The second-order valence-corrected chi connectivity index (χ2v) is 14.6. The highest BCUT2D eigenvalue weighted by Crippen LogP contribution is 2.29. The Hall–Kier alpha value is -3.66. The molecular weight excluding hydrogens is 686 g/mol. The zero-order valence-corrected chi connectivity index (χ0v) is 29.6. The first-order chi connectivity index (χ1) is 21.9. The van der Waals surface area contributed by atoms with Crippen molar-refractivity contribution in [2.45, 2.75) is 64.1 Å². The molecule has 2 unspecified atom stereocenters. The number of amides is 2. The van der Waals surface area contributed by atoms with Gasteiger partial charge in [0, 0.05) is 28.5 Å². The van der Waals surface area contributed by atoms with E-state index in [9.17, 15) is 18.0 Å². The van der Waals surface area contributed by atoms with Gasteiger partial charge < -0.3 is 10.2 Å². The number of benzene rings is 4. The molecule has 2 amide bonds. The van der Waals surface area contributed by atoms with Crippen LogP contribution in [0.25, 0.3) is 0 Å². The summed E-state index contributed by atoms with van der Waals surface area (Å²) in [6, 6.07) is 27.3. The van der Waals surface area contributed by atoms with E-state index < -0.39 is 28.5 Å². The normalized spacial score (nSPS) is 12.7. The number of hydrogen-bond donors (Lipinski definition) is 1. The molecule has 4 aromatic carbocycles. The minimum atomic E-state index is -4.21. The minimum absolute atomic E-state index is 0.0393. The fourth-order valence-corrected chi connectivity index (χ4v) is 6.73. The third-order valence-electron chi connectivity index (χ3n) is 7.87. The molecule has 0 spiro atoms. The first kappa shape index (κ1) is 35.2. The third-order valence-corrected chi connectivity index (χ3v) is 10.6. The second-order valence-electron chi connectivity index (χ2n) is 11.4. The van der Waals surface area contributed by atoms with Crippen molar-refractivity contribution in [3.63, 3.8) is 0 Å². The van der Waals surface area contributed by atoms with E-state index in [0.717, 1.165) is 31.0 Å². The van der Waals surface area contributed by atoms with E-state index in [0.29, 0.717) is 11.4 Å². The van der Waals surface area contributed by atoms with Crippen molar-refractivity contribution in [3.8, 4) is 0 Å². The molecule has 0 radical (unpaired) electrons. The lowest BCUT2D eigenvalue weighted by molar-refractivity contribution is -0.140. The number of hydrogen-bond acceptors (Lipinski definition) is 4. The Morgan fingerprint density at radius 2 is 1.54 bits per heavy atom. The molecule has 2 atom stereocenters. The zero-order valence-electron chi connectivity index (χ0n) is 26.4. The van der Waals surface area contributed by atoms with Gasteiger partial charge in [-0.15, -0.1) is 0 Å². The topological polar surface area (TPSA) is 86.8 Å². The summed E-state index contributed by atoms with van der Waals surface area (Å²) in [4.78, 5) is 30.0. The second kappa shape index (κ2) is 15.8. The van der Waals surface area contributed by atoms with Gasteiger partial charge in [0.15, 0.2) is 0 Å². The summed E-state index contributed by atoms with van der Waals surface area (Å²) >= 11 is 9.93. The molecule has 0 aliphatic carbocycles. The van der Waals surface area contributed by atoms with Crippen molar-refractivity contribution in [3.05, 3.63) is 129 Å². The largest absolute Gasteiger partial charge is 0.352 e. The Morgan fingerprint density at radius 3 is 2.15 bits per heavy atom. The molecule has 0 aliphatic heterocycles. The maximum absolute atomic E-state index is 14.6. The van der Waals surface area contributed by atoms with Gasteiger partial charge in [-0.2, -0.15) is 0 Å². The summed E-state index contributed by atoms with van der Waals surface area (Å²) in [6.07, 6.45) is 0.952. The standard InChI is InChI=1S/C36H39BrClN3O4S/c1-5-27(4)39-36(43)34(21-28-9-7-6-8-10-28)40(23-29-14-16-30(37)17-15-29)35(42)24-41(31-18-13-26(3)33(38)22-31)46(44,45)32-19-11-25(2)12-20-32/h6-20,22,27,34H,5,21,23-24H2,1-4H3,(H,39,43). The quantitative estimate of drug-likeness (QED) is 0.155. The van der Waals surface area contributed by atoms with Crippen molar-refractivity contribution in [1.29, 1.82) is 0 Å². The van der Waals surface area contributed by atoms with Crippen LogP contribution in [0.4, 0.5) is 5.69 Å². The van der Waals surface area contributed by atoms with Gasteiger partial charge in [-0.05, 0) is 80.3 Å². The lowest BCUT2D eigenvalue weighted by atomic mass is 10.0. The van der Waals surface area contributed by atoms with Crippen molar-refractivity contribution >= 4 is 55.1 Å². The van der Waals surface area contributed by atoms with Crippen LogP contribution in [0.15, 0.2) is 106 Å². The highest BCUT2D eigenvalue weighted by molar-refractivity contribution is 9.10. The molecule has 0 saturated heterocycles. The number of sulfonamides is 1. The molecule has 7 nitrogen and oxygen atoms in total. The number of carbonyl (C=O) groups excluding carboxylic acids is 2. The SMILES string of the molecule is CCC(C)NC(=O)C(Cc1ccccc1)N(Cc1ccc(Br)cc1)C(=O)CN(c1ccc(C)c(Cl)c1)S(=O)(=O)c1ccc(C)cc1. The Bertz CT molecular complexity index is 1750. The van der Waals surface area contributed by atoms with Crippen LogP contribution in [0, 0.1) is 13.8 Å². The molecule has 10 heteroatoms. The van der Waals surface area contributed by atoms with Gasteiger partial charge in [0.05, 0.1) is 10.6 Å². The van der Waals surface area contributed by atoms with Crippen LogP contribution in [0.1, 0.15) is 42.5 Å². The predicted molar refractivity (Wildman–Crippen MR) is 188 cm³/mol. The number of carbonyl (C=O) groups is 2. The number of aryl methyl sites for hydroxylation is 2. The summed E-state index contributed by atoms with van der Waals surface area (Å²) in [5, 5.41) is 3.42. The van der Waals surface area contributed by atoms with E-state index in [1.165, 1.54) is 17.0 Å². The maximum atomic E-state index is 14.6. The monoisotopic (exact) mass is 723 g/mol. The van der Waals surface area contributed by atoms with E-state index in [-0.39, 0.29) is 35.5 Å². The van der Waals surface area contributed by atoms with Gasteiger partial charge in [0.2, 0.25) is 11.8 Å². The van der Waals surface area contributed by atoms with Crippen LogP contribution in [-0.2, 0) is 32.6 Å². The predicted octanol–water partition coefficient (Wildman–Crippen LogP) is 7.47. The molecule has 0 aromatic heterocycles. The molecule has 1 N–H and O–H groups in total. The molecular formula is C36H39BrClN3O4S. The molecule has 4 rings (SSSR count). The summed E-state index contributed by atoms with van der Waals surface area (Å²) in [5.74, 6) is -0.842. The van der Waals surface area contributed by atoms with E-state index in [1.807, 2.05) is 82.3 Å². The van der Waals surface area contributed by atoms with Crippen molar-refractivity contribution in [2.75, 3.05) is 10.8 Å². The Balaban J connectivity index is 1.82. The lowest BCUT2D eigenvalue weighted by Crippen LogP contribution is -2.54. The molecule has 0 heterocycles. The molecule has 0 bridgehead atoms. The van der Waals surface area contributed by atoms with Gasteiger partial charge in [-0.1, -0.05) is 101 Å². The van der Waals surface area contributed by atoms with Gasteiger partial charge >= 0.3 is 0 Å². The third kappa shape index (κ3) is 8.99. The summed E-state index contributed by atoms with van der Waals surface area (Å²) in [5.41, 5.74) is 3.58. The number of anilines is 1. The van der Waals surface area contributed by atoms with E-state index in [4.69, 9.17) is 11.6 Å². The Morgan fingerprint density at radius 1 is 0.891 bits per heavy atom. The molecule has 242 valence electrons. The van der Waals surface area contributed by atoms with Gasteiger partial charge in [-0.3, -0.25) is 13.9 Å². The number of nitrogens with zero attached hydrogens (tertiary/aromatic N) is 2. The minimum Gasteiger partial charge on any atom is -0.352 e. The van der Waals surface area contributed by atoms with Crippen LogP contribution < -0.4 is 9.62 Å². The fraction of sp³-hybridized carbons (Fsp3) is 0.278. The average Bonchev–Trinajstić information content (AvgIpc) is 3.04. The van der Waals surface area contributed by atoms with E-state index in [2.05, 4.69) is 21.2 Å². The zero-order chi connectivity index (χ0) is 33.4. The van der Waals surface area contributed by atoms with Gasteiger partial charge in [-0.25, -0.2) is 8.42 Å². The summed E-state index contributed by atoms with van der Waals surface area (Å²) < 4.78 is 30.3. The maximum Gasteiger partial charge on any atom is 0.264 e. The lowest BCUT2D eigenvalue weighted by Gasteiger charge is -2.34. The van der Waals surface area contributed by atoms with Crippen LogP contribution in [0.5, 0.6) is 0 Å². The molecule has 0 aliphatic rings. The van der Waals surface area contributed by atoms with Gasteiger partial charge in [0.1, 0.15) is 12.6 Å². The molecule has 0 saturated carbocycles. The van der Waals surface area contributed by atoms with E-state index >= 15 is 0 Å². The average molecular weight is 725 g/mol. The molecule has 4 aromatic rings. The fourth-order valence-electron chi connectivity index (χ4n) is 4.88. The summed E-state index contributed by atoms with van der Waals surface area (Å²) in [6.45, 7) is 7.12. The number of nitrogens with one attached hydrogen (secondary N) is 1. The van der Waals surface area contributed by atoms with E-state index in [1.54, 1.807) is 30.3 Å². The number of rotatable bonds is 13. The van der Waals surface area contributed by atoms with Crippen LogP contribution >= 0.6 is 27.5 Å².